The summed E-state index contributed by atoms with van der Waals surface area (Å²) in [6, 6.07) is 29.1. The Balaban J connectivity index is 1.71. The van der Waals surface area contributed by atoms with E-state index in [1.54, 1.807) is 24.3 Å². The van der Waals surface area contributed by atoms with Gasteiger partial charge in [-0.1, -0.05) is 66.7 Å². The molecule has 3 aromatic carbocycles. The molecule has 0 atom stereocenters. The zero-order valence-corrected chi connectivity index (χ0v) is 18.4. The summed E-state index contributed by atoms with van der Waals surface area (Å²) in [5.41, 5.74) is 7.70. The minimum atomic E-state index is -0.411. The molecule has 168 valence electrons. The highest BCUT2D eigenvalue weighted by atomic mass is 16.1. The Kier molecular flexibility index (Phi) is 4.70. The molecule has 3 aromatic heterocycles. The summed E-state index contributed by atoms with van der Waals surface area (Å²) in [4.78, 5) is 40.8. The van der Waals surface area contributed by atoms with Gasteiger partial charge in [-0.05, 0) is 30.3 Å². The van der Waals surface area contributed by atoms with E-state index in [2.05, 4.69) is 9.97 Å². The van der Waals surface area contributed by atoms with Crippen LogP contribution in [0.2, 0.25) is 0 Å². The van der Waals surface area contributed by atoms with Gasteiger partial charge in [-0.2, -0.15) is 4.98 Å². The lowest BCUT2D eigenvalue weighted by Gasteiger charge is -2.14. The first-order valence-electron chi connectivity index (χ1n) is 10.9. The average Bonchev–Trinajstić information content (AvgIpc) is 2.89. The molecule has 0 spiro atoms. The summed E-state index contributed by atoms with van der Waals surface area (Å²) in [5.74, 6) is 0.438. The summed E-state index contributed by atoms with van der Waals surface area (Å²) >= 11 is 0. The number of benzene rings is 3. The molecular weight excluding hydrogens is 440 g/mol. The zero-order valence-electron chi connectivity index (χ0n) is 18.4. The van der Waals surface area contributed by atoms with Crippen molar-refractivity contribution >= 4 is 28.0 Å². The summed E-state index contributed by atoms with van der Waals surface area (Å²) in [7, 11) is 0. The predicted octanol–water partition coefficient (Wildman–Crippen LogP) is 3.73. The highest BCUT2D eigenvalue weighted by molar-refractivity contribution is 5.90. The lowest BCUT2D eigenvalue weighted by Crippen LogP contribution is -2.25. The summed E-state index contributed by atoms with van der Waals surface area (Å²) in [6.45, 7) is 0. The van der Waals surface area contributed by atoms with Gasteiger partial charge < -0.3 is 5.73 Å². The maximum atomic E-state index is 13.8. The van der Waals surface area contributed by atoms with Crippen LogP contribution >= 0.6 is 0 Å². The fourth-order valence-electron chi connectivity index (χ4n) is 4.15. The monoisotopic (exact) mass is 458 g/mol. The van der Waals surface area contributed by atoms with Crippen LogP contribution in [0.4, 0.5) is 5.95 Å². The van der Waals surface area contributed by atoms with Gasteiger partial charge in [0.1, 0.15) is 5.82 Å². The SMILES string of the molecule is Nc1nc2nc3nc(-c4ccccc4)n(-c4ccccc4)c(=O)c3cc2c(=O)n1-c1ccccc1. The van der Waals surface area contributed by atoms with Crippen molar-refractivity contribution in [3.8, 4) is 22.8 Å². The third-order valence-electron chi connectivity index (χ3n) is 5.78. The molecule has 2 N–H and O–H groups in total. The van der Waals surface area contributed by atoms with Crippen molar-refractivity contribution < 1.29 is 0 Å². The number of aromatic nitrogens is 5. The molecular formula is C27H18N6O2. The van der Waals surface area contributed by atoms with Crippen LogP contribution in [0.3, 0.4) is 0 Å². The Morgan fingerprint density at radius 2 is 1.06 bits per heavy atom. The molecule has 3 heterocycles. The second kappa shape index (κ2) is 8.03. The molecule has 0 unspecified atom stereocenters. The quantitative estimate of drug-likeness (QED) is 0.405. The third-order valence-corrected chi connectivity index (χ3v) is 5.78. The van der Waals surface area contributed by atoms with Crippen LogP contribution in [0.25, 0.3) is 44.8 Å². The number of pyridine rings is 1. The van der Waals surface area contributed by atoms with Gasteiger partial charge in [-0.25, -0.2) is 14.5 Å². The van der Waals surface area contributed by atoms with Crippen molar-refractivity contribution in [1.29, 1.82) is 0 Å². The van der Waals surface area contributed by atoms with E-state index in [1.165, 1.54) is 15.2 Å². The molecule has 0 fully saturated rings. The fourth-order valence-corrected chi connectivity index (χ4v) is 4.15. The molecule has 0 aliphatic rings. The van der Waals surface area contributed by atoms with Gasteiger partial charge >= 0.3 is 0 Å². The molecule has 35 heavy (non-hydrogen) atoms. The first-order chi connectivity index (χ1) is 17.1. The average molecular weight is 458 g/mol. The van der Waals surface area contributed by atoms with Crippen LogP contribution in [0.5, 0.6) is 0 Å². The van der Waals surface area contributed by atoms with E-state index in [0.29, 0.717) is 17.2 Å². The lowest BCUT2D eigenvalue weighted by molar-refractivity contribution is 0.962. The molecule has 8 nitrogen and oxygen atoms in total. The number of hydrogen-bond acceptors (Lipinski definition) is 6. The molecule has 0 aliphatic carbocycles. The van der Waals surface area contributed by atoms with Gasteiger partial charge in [0.05, 0.1) is 22.1 Å². The maximum absolute atomic E-state index is 13.8. The summed E-state index contributed by atoms with van der Waals surface area (Å²) in [6.07, 6.45) is 0. The van der Waals surface area contributed by atoms with Crippen molar-refractivity contribution in [3.63, 3.8) is 0 Å². The Morgan fingerprint density at radius 3 is 1.66 bits per heavy atom. The Morgan fingerprint density at radius 1 is 0.571 bits per heavy atom. The van der Waals surface area contributed by atoms with Gasteiger partial charge in [-0.15, -0.1) is 0 Å². The lowest BCUT2D eigenvalue weighted by atomic mass is 10.1. The molecule has 0 bridgehead atoms. The van der Waals surface area contributed by atoms with Gasteiger partial charge in [-0.3, -0.25) is 14.2 Å². The second-order valence-electron chi connectivity index (χ2n) is 7.95. The standard InChI is InChI=1S/C27H18N6O2/c28-27-31-23-21(26(35)33(27)19-14-8-3-9-15-19)16-20-22(29-23)30-24(17-10-4-1-5-11-17)32(25(20)34)18-12-6-2-7-13-18/h1-16H,(H2,28,29,31). The number of nitrogens with two attached hydrogens (primary N) is 1. The van der Waals surface area contributed by atoms with E-state index >= 15 is 0 Å². The predicted molar refractivity (Wildman–Crippen MR) is 136 cm³/mol. The first kappa shape index (κ1) is 20.5. The number of para-hydroxylation sites is 2. The highest BCUT2D eigenvalue weighted by Crippen LogP contribution is 2.23. The molecule has 0 aliphatic heterocycles. The van der Waals surface area contributed by atoms with Crippen LogP contribution in [0, 0.1) is 0 Å². The van der Waals surface area contributed by atoms with Crippen molar-refractivity contribution in [2.45, 2.75) is 0 Å². The van der Waals surface area contributed by atoms with Crippen LogP contribution < -0.4 is 16.9 Å². The van der Waals surface area contributed by atoms with Crippen molar-refractivity contribution in [2.75, 3.05) is 5.73 Å². The van der Waals surface area contributed by atoms with Crippen LogP contribution in [0.15, 0.2) is 107 Å². The second-order valence-corrected chi connectivity index (χ2v) is 7.95. The molecule has 0 amide bonds. The first-order valence-corrected chi connectivity index (χ1v) is 10.9. The largest absolute Gasteiger partial charge is 0.369 e. The van der Waals surface area contributed by atoms with E-state index in [4.69, 9.17) is 10.7 Å². The van der Waals surface area contributed by atoms with Crippen molar-refractivity contribution in [1.82, 2.24) is 24.1 Å². The molecule has 8 heteroatoms. The maximum Gasteiger partial charge on any atom is 0.269 e. The molecule has 0 radical (unpaired) electrons. The van der Waals surface area contributed by atoms with Crippen LogP contribution in [-0.4, -0.2) is 24.1 Å². The minimum absolute atomic E-state index is 0.00135. The van der Waals surface area contributed by atoms with E-state index in [-0.39, 0.29) is 33.6 Å². The number of nitrogens with zero attached hydrogens (tertiary/aromatic N) is 5. The Bertz CT molecular complexity index is 1830. The van der Waals surface area contributed by atoms with E-state index in [9.17, 15) is 9.59 Å². The van der Waals surface area contributed by atoms with Gasteiger partial charge in [0.2, 0.25) is 5.95 Å². The Hall–Kier alpha value is -5.11. The number of nitrogen functional groups attached to an aromatic ring is 1. The minimum Gasteiger partial charge on any atom is -0.369 e. The highest BCUT2D eigenvalue weighted by Gasteiger charge is 2.19. The van der Waals surface area contributed by atoms with Crippen molar-refractivity contribution in [2.24, 2.45) is 0 Å². The van der Waals surface area contributed by atoms with E-state index < -0.39 is 5.56 Å². The smallest absolute Gasteiger partial charge is 0.269 e. The number of hydrogen-bond donors (Lipinski definition) is 1. The zero-order chi connectivity index (χ0) is 23.9. The third kappa shape index (κ3) is 3.36. The molecule has 6 aromatic rings. The molecule has 0 saturated heterocycles. The summed E-state index contributed by atoms with van der Waals surface area (Å²) in [5, 5.41) is 0.394. The van der Waals surface area contributed by atoms with Gasteiger partial charge in [0, 0.05) is 5.56 Å². The molecule has 0 saturated carbocycles. The number of anilines is 1. The van der Waals surface area contributed by atoms with Gasteiger partial charge in [0.25, 0.3) is 11.1 Å². The Labute approximate surface area is 198 Å². The normalized spacial score (nSPS) is 11.2. The number of rotatable bonds is 3. The topological polar surface area (TPSA) is 109 Å². The van der Waals surface area contributed by atoms with Gasteiger partial charge in [0.15, 0.2) is 11.3 Å². The number of fused-ring (bicyclic) bond motifs is 2. The summed E-state index contributed by atoms with van der Waals surface area (Å²) < 4.78 is 2.84. The van der Waals surface area contributed by atoms with Crippen LogP contribution in [0.1, 0.15) is 0 Å². The van der Waals surface area contributed by atoms with Crippen molar-refractivity contribution in [3.05, 3.63) is 118 Å². The van der Waals surface area contributed by atoms with E-state index in [0.717, 1.165) is 5.56 Å². The van der Waals surface area contributed by atoms with E-state index in [1.807, 2.05) is 66.7 Å². The molecule has 6 rings (SSSR count). The van der Waals surface area contributed by atoms with Crippen LogP contribution in [-0.2, 0) is 0 Å². The fraction of sp³-hybridized carbons (Fsp3) is 0.